The Labute approximate surface area is 150 Å². The topological polar surface area (TPSA) is 115 Å². The highest BCUT2D eigenvalue weighted by atomic mass is 16.7. The summed E-state index contributed by atoms with van der Waals surface area (Å²) in [6, 6.07) is 17.0. The Morgan fingerprint density at radius 2 is 1.88 bits per heavy atom. The average molecular weight is 355 g/mol. The van der Waals surface area contributed by atoms with Gasteiger partial charge in [-0.2, -0.15) is 10.6 Å². The summed E-state index contributed by atoms with van der Waals surface area (Å²) in [4.78, 5) is 19.1. The van der Waals surface area contributed by atoms with Gasteiger partial charge in [0.1, 0.15) is 5.82 Å². The molecule has 0 bridgehead atoms. The average Bonchev–Trinajstić information content (AvgIpc) is 3.06. The van der Waals surface area contributed by atoms with Crippen molar-refractivity contribution in [2.24, 2.45) is 0 Å². The van der Waals surface area contributed by atoms with Crippen LogP contribution in [-0.2, 0) is 23.7 Å². The first-order chi connectivity index (χ1) is 12.5. The van der Waals surface area contributed by atoms with Crippen molar-refractivity contribution in [2.45, 2.75) is 25.8 Å². The summed E-state index contributed by atoms with van der Waals surface area (Å²) in [6.45, 7) is 2.23. The zero-order valence-corrected chi connectivity index (χ0v) is 14.3. The first-order valence-electron chi connectivity index (χ1n) is 8.17. The minimum atomic E-state index is -1.42. The standard InChI is InChI=1S/C18H21N5O3/c1-18(25,23-26-12-13-7-3-2-4-8-13)14-9-5-6-10-15(14)19-11-16-20-17(24)22-21-16/h2-10,19,23,25H,11-12H2,1H3,(H2,20,21,22,24). The van der Waals surface area contributed by atoms with E-state index in [0.717, 1.165) is 5.56 Å². The zero-order chi connectivity index (χ0) is 18.4. The molecule has 0 saturated heterocycles. The van der Waals surface area contributed by atoms with Crippen molar-refractivity contribution in [1.29, 1.82) is 0 Å². The fraction of sp³-hybridized carbons (Fsp3) is 0.222. The molecule has 0 radical (unpaired) electrons. The van der Waals surface area contributed by atoms with Crippen LogP contribution in [0, 0.1) is 0 Å². The Hall–Kier alpha value is -2.94. The third kappa shape index (κ3) is 4.57. The number of anilines is 1. The number of hydrogen-bond acceptors (Lipinski definition) is 6. The van der Waals surface area contributed by atoms with E-state index < -0.39 is 5.72 Å². The molecule has 8 nitrogen and oxygen atoms in total. The van der Waals surface area contributed by atoms with Crippen LogP contribution in [0.25, 0.3) is 0 Å². The number of nitrogens with zero attached hydrogens (tertiary/aromatic N) is 1. The van der Waals surface area contributed by atoms with Crippen LogP contribution in [0.15, 0.2) is 59.4 Å². The monoisotopic (exact) mass is 355 g/mol. The van der Waals surface area contributed by atoms with Gasteiger partial charge in [-0.05, 0) is 18.6 Å². The molecular weight excluding hydrogens is 334 g/mol. The van der Waals surface area contributed by atoms with E-state index in [1.165, 1.54) is 0 Å². The maximum absolute atomic E-state index is 11.1. The van der Waals surface area contributed by atoms with Crippen LogP contribution in [0.5, 0.6) is 0 Å². The number of H-pyrrole nitrogens is 2. The predicted molar refractivity (Wildman–Crippen MR) is 96.9 cm³/mol. The number of nitrogens with one attached hydrogen (secondary N) is 4. The number of para-hydroxylation sites is 1. The van der Waals surface area contributed by atoms with Crippen molar-refractivity contribution in [1.82, 2.24) is 20.7 Å². The summed E-state index contributed by atoms with van der Waals surface area (Å²) in [5, 5.41) is 20.1. The molecule has 1 aromatic heterocycles. The van der Waals surface area contributed by atoms with Gasteiger partial charge in [0.15, 0.2) is 5.72 Å². The molecule has 136 valence electrons. The van der Waals surface area contributed by atoms with E-state index in [2.05, 4.69) is 26.0 Å². The molecule has 0 fully saturated rings. The van der Waals surface area contributed by atoms with Crippen molar-refractivity contribution in [3.63, 3.8) is 0 Å². The summed E-state index contributed by atoms with van der Waals surface area (Å²) in [7, 11) is 0. The molecule has 0 amide bonds. The number of hydroxylamine groups is 1. The molecule has 1 heterocycles. The quantitative estimate of drug-likeness (QED) is 0.310. The van der Waals surface area contributed by atoms with Gasteiger partial charge in [-0.25, -0.2) is 9.89 Å². The largest absolute Gasteiger partial charge is 0.377 e. The van der Waals surface area contributed by atoms with E-state index >= 15 is 0 Å². The van der Waals surface area contributed by atoms with Gasteiger partial charge in [0, 0.05) is 11.3 Å². The Balaban J connectivity index is 1.65. The molecule has 3 aromatic rings. The first kappa shape index (κ1) is 17.9. The Morgan fingerprint density at radius 3 is 2.62 bits per heavy atom. The summed E-state index contributed by atoms with van der Waals surface area (Å²) < 4.78 is 0. The second-order valence-electron chi connectivity index (χ2n) is 5.97. The highest BCUT2D eigenvalue weighted by molar-refractivity contribution is 5.53. The van der Waals surface area contributed by atoms with E-state index in [9.17, 15) is 9.90 Å². The van der Waals surface area contributed by atoms with Gasteiger partial charge < -0.3 is 10.4 Å². The van der Waals surface area contributed by atoms with Crippen molar-refractivity contribution >= 4 is 5.69 Å². The van der Waals surface area contributed by atoms with Gasteiger partial charge in [-0.15, -0.1) is 0 Å². The van der Waals surface area contributed by atoms with Gasteiger partial charge >= 0.3 is 5.69 Å². The first-order valence-corrected chi connectivity index (χ1v) is 8.17. The van der Waals surface area contributed by atoms with E-state index in [4.69, 9.17) is 4.84 Å². The molecule has 3 rings (SSSR count). The lowest BCUT2D eigenvalue weighted by molar-refractivity contribution is -0.130. The normalized spacial score (nSPS) is 13.3. The van der Waals surface area contributed by atoms with E-state index in [0.29, 0.717) is 30.2 Å². The minimum Gasteiger partial charge on any atom is -0.377 e. The Kier molecular flexibility index (Phi) is 5.47. The lowest BCUT2D eigenvalue weighted by Gasteiger charge is -2.27. The van der Waals surface area contributed by atoms with Gasteiger partial charge in [0.05, 0.1) is 13.2 Å². The molecule has 0 aliphatic rings. The predicted octanol–water partition coefficient (Wildman–Crippen LogP) is 1.60. The molecule has 0 aliphatic heterocycles. The van der Waals surface area contributed by atoms with Crippen LogP contribution in [0.3, 0.4) is 0 Å². The molecule has 1 unspecified atom stereocenters. The molecule has 2 aromatic carbocycles. The number of hydrogen-bond donors (Lipinski definition) is 5. The van der Waals surface area contributed by atoms with Crippen LogP contribution in [0.4, 0.5) is 5.69 Å². The van der Waals surface area contributed by atoms with Gasteiger partial charge in [0.2, 0.25) is 0 Å². The van der Waals surface area contributed by atoms with Crippen LogP contribution in [0.2, 0.25) is 0 Å². The zero-order valence-electron chi connectivity index (χ0n) is 14.3. The Morgan fingerprint density at radius 1 is 1.15 bits per heavy atom. The van der Waals surface area contributed by atoms with Crippen molar-refractivity contribution < 1.29 is 9.94 Å². The smallest absolute Gasteiger partial charge is 0.340 e. The van der Waals surface area contributed by atoms with Crippen LogP contribution in [0.1, 0.15) is 23.9 Å². The molecule has 0 spiro atoms. The van der Waals surface area contributed by atoms with Crippen molar-refractivity contribution in [3.05, 3.63) is 82.0 Å². The molecule has 26 heavy (non-hydrogen) atoms. The maximum Gasteiger partial charge on any atom is 0.340 e. The minimum absolute atomic E-state index is 0.302. The summed E-state index contributed by atoms with van der Waals surface area (Å²) in [6.07, 6.45) is 0. The van der Waals surface area contributed by atoms with Crippen LogP contribution in [-0.4, -0.2) is 20.3 Å². The number of aliphatic hydroxyl groups is 1. The number of aromatic amines is 2. The summed E-state index contributed by atoms with van der Waals surface area (Å²) >= 11 is 0. The van der Waals surface area contributed by atoms with Gasteiger partial charge in [-0.1, -0.05) is 48.5 Å². The van der Waals surface area contributed by atoms with Gasteiger partial charge in [-0.3, -0.25) is 9.82 Å². The highest BCUT2D eigenvalue weighted by Crippen LogP contribution is 2.26. The maximum atomic E-state index is 11.1. The summed E-state index contributed by atoms with van der Waals surface area (Å²) in [5.74, 6) is 0.470. The highest BCUT2D eigenvalue weighted by Gasteiger charge is 2.26. The van der Waals surface area contributed by atoms with Crippen molar-refractivity contribution in [2.75, 3.05) is 5.32 Å². The number of aromatic nitrogens is 3. The van der Waals surface area contributed by atoms with Crippen LogP contribution < -0.4 is 16.5 Å². The van der Waals surface area contributed by atoms with E-state index in [1.807, 2.05) is 48.5 Å². The molecule has 8 heteroatoms. The second kappa shape index (κ2) is 7.96. The fourth-order valence-electron chi connectivity index (χ4n) is 2.52. The Bertz CT molecular complexity index is 889. The molecule has 0 saturated carbocycles. The molecule has 1 atom stereocenters. The third-order valence-electron chi connectivity index (χ3n) is 3.80. The number of benzene rings is 2. The third-order valence-corrected chi connectivity index (χ3v) is 3.80. The lowest BCUT2D eigenvalue weighted by atomic mass is 10.0. The summed E-state index contributed by atoms with van der Waals surface area (Å²) in [5.41, 5.74) is 3.21. The SMILES string of the molecule is CC(O)(NOCc1ccccc1)c1ccccc1NCc1n[nH]c(=O)[nH]1. The van der Waals surface area contributed by atoms with Crippen LogP contribution >= 0.6 is 0 Å². The van der Waals surface area contributed by atoms with Crippen molar-refractivity contribution in [3.8, 4) is 0 Å². The van der Waals surface area contributed by atoms with E-state index in [1.54, 1.807) is 13.0 Å². The molecule has 0 aliphatic carbocycles. The molecule has 5 N–H and O–H groups in total. The molecular formula is C18H21N5O3. The number of rotatable bonds is 8. The van der Waals surface area contributed by atoms with E-state index in [-0.39, 0.29) is 5.69 Å². The fourth-order valence-corrected chi connectivity index (χ4v) is 2.52. The second-order valence-corrected chi connectivity index (χ2v) is 5.97. The van der Waals surface area contributed by atoms with Gasteiger partial charge in [0.25, 0.3) is 0 Å². The lowest BCUT2D eigenvalue weighted by Crippen LogP contribution is -2.39.